The van der Waals surface area contributed by atoms with Crippen molar-refractivity contribution < 1.29 is 19.1 Å². The van der Waals surface area contributed by atoms with Crippen molar-refractivity contribution in [3.05, 3.63) is 46.9 Å². The van der Waals surface area contributed by atoms with Crippen LogP contribution in [0.3, 0.4) is 0 Å². The molecule has 0 unspecified atom stereocenters. The second kappa shape index (κ2) is 6.99. The molecule has 26 heavy (non-hydrogen) atoms. The van der Waals surface area contributed by atoms with Crippen LogP contribution >= 0.6 is 15.9 Å². The number of ether oxygens (including phenoxy) is 2. The average molecular weight is 417 g/mol. The quantitative estimate of drug-likeness (QED) is 0.833. The van der Waals surface area contributed by atoms with Crippen molar-refractivity contribution in [3.63, 3.8) is 0 Å². The summed E-state index contributed by atoms with van der Waals surface area (Å²) in [6.45, 7) is 1.35. The van der Waals surface area contributed by atoms with Gasteiger partial charge in [-0.25, -0.2) is 0 Å². The van der Waals surface area contributed by atoms with E-state index in [2.05, 4.69) is 21.2 Å². The molecule has 7 heteroatoms. The Morgan fingerprint density at radius 2 is 1.88 bits per heavy atom. The van der Waals surface area contributed by atoms with Crippen molar-refractivity contribution in [1.29, 1.82) is 0 Å². The zero-order chi connectivity index (χ0) is 18.1. The molecule has 2 heterocycles. The highest BCUT2D eigenvalue weighted by atomic mass is 79.9. The first-order valence-corrected chi connectivity index (χ1v) is 9.16. The number of nitrogens with zero attached hydrogens (tertiary/aromatic N) is 1. The van der Waals surface area contributed by atoms with Crippen LogP contribution in [0.25, 0.3) is 0 Å². The molecule has 134 valence electrons. The maximum Gasteiger partial charge on any atom is 0.229 e. The molecule has 0 aliphatic carbocycles. The number of nitrogens with one attached hydrogen (secondary N) is 1. The van der Waals surface area contributed by atoms with Crippen molar-refractivity contribution >= 4 is 39.1 Å². The SMILES string of the molecule is O=C(Nc1ccccc1Br)[C@@H]1CC(=O)N(c2ccc3c(c2)OCCO3)C1. The summed E-state index contributed by atoms with van der Waals surface area (Å²) < 4.78 is 11.9. The van der Waals surface area contributed by atoms with Crippen molar-refractivity contribution in [2.45, 2.75) is 6.42 Å². The Bertz CT molecular complexity index is 870. The minimum atomic E-state index is -0.400. The molecule has 0 aromatic heterocycles. The van der Waals surface area contributed by atoms with Crippen LogP contribution in [0.4, 0.5) is 11.4 Å². The minimum Gasteiger partial charge on any atom is -0.486 e. The van der Waals surface area contributed by atoms with Crippen molar-refractivity contribution in [1.82, 2.24) is 0 Å². The van der Waals surface area contributed by atoms with Gasteiger partial charge in [-0.1, -0.05) is 12.1 Å². The summed E-state index contributed by atoms with van der Waals surface area (Å²) in [7, 11) is 0. The van der Waals surface area contributed by atoms with E-state index in [1.54, 1.807) is 17.0 Å². The number of hydrogen-bond acceptors (Lipinski definition) is 4. The van der Waals surface area contributed by atoms with Crippen LogP contribution < -0.4 is 19.7 Å². The lowest BCUT2D eigenvalue weighted by atomic mass is 10.1. The second-order valence-corrected chi connectivity index (χ2v) is 7.06. The van der Waals surface area contributed by atoms with Crippen LogP contribution in [0.15, 0.2) is 46.9 Å². The molecule has 1 saturated heterocycles. The van der Waals surface area contributed by atoms with E-state index >= 15 is 0 Å². The Hall–Kier alpha value is -2.54. The predicted octanol–water partition coefficient (Wildman–Crippen LogP) is 3.21. The van der Waals surface area contributed by atoms with Gasteiger partial charge in [0.05, 0.1) is 11.6 Å². The van der Waals surface area contributed by atoms with Gasteiger partial charge in [0, 0.05) is 29.2 Å². The van der Waals surface area contributed by atoms with E-state index < -0.39 is 5.92 Å². The molecule has 6 nitrogen and oxygen atoms in total. The summed E-state index contributed by atoms with van der Waals surface area (Å²) in [6, 6.07) is 12.8. The summed E-state index contributed by atoms with van der Waals surface area (Å²) >= 11 is 3.41. The zero-order valence-corrected chi connectivity index (χ0v) is 15.5. The predicted molar refractivity (Wildman–Crippen MR) is 101 cm³/mol. The van der Waals surface area contributed by atoms with E-state index in [9.17, 15) is 9.59 Å². The molecule has 0 bridgehead atoms. The Morgan fingerprint density at radius 3 is 2.69 bits per heavy atom. The Balaban J connectivity index is 1.48. The number of amides is 2. The van der Waals surface area contributed by atoms with E-state index in [0.29, 0.717) is 36.9 Å². The Morgan fingerprint density at radius 1 is 1.12 bits per heavy atom. The number of rotatable bonds is 3. The molecule has 1 N–H and O–H groups in total. The smallest absolute Gasteiger partial charge is 0.229 e. The number of carbonyl (C=O) groups excluding carboxylic acids is 2. The maximum absolute atomic E-state index is 12.6. The lowest BCUT2D eigenvalue weighted by molar-refractivity contribution is -0.122. The summed E-state index contributed by atoms with van der Waals surface area (Å²) in [5, 5.41) is 2.89. The molecule has 0 spiro atoms. The van der Waals surface area contributed by atoms with Crippen LogP contribution in [0.2, 0.25) is 0 Å². The van der Waals surface area contributed by atoms with Crippen LogP contribution in [-0.4, -0.2) is 31.6 Å². The number of halogens is 1. The third-order valence-electron chi connectivity index (χ3n) is 4.46. The molecular formula is C19H17BrN2O4. The van der Waals surface area contributed by atoms with Gasteiger partial charge >= 0.3 is 0 Å². The molecule has 2 aromatic rings. The van der Waals surface area contributed by atoms with E-state index in [-0.39, 0.29) is 18.2 Å². The number of hydrogen-bond donors (Lipinski definition) is 1. The highest BCUT2D eigenvalue weighted by Gasteiger charge is 2.35. The van der Waals surface area contributed by atoms with Gasteiger partial charge in [-0.05, 0) is 40.2 Å². The Labute approximate surface area is 159 Å². The molecule has 2 aromatic carbocycles. The highest BCUT2D eigenvalue weighted by Crippen LogP contribution is 2.36. The molecule has 0 saturated carbocycles. The summed E-state index contributed by atoms with van der Waals surface area (Å²) in [5.41, 5.74) is 1.41. The average Bonchev–Trinajstić information content (AvgIpc) is 3.05. The summed E-state index contributed by atoms with van der Waals surface area (Å²) in [4.78, 5) is 26.6. The van der Waals surface area contributed by atoms with E-state index in [4.69, 9.17) is 9.47 Å². The van der Waals surface area contributed by atoms with E-state index in [1.807, 2.05) is 30.3 Å². The number of benzene rings is 2. The normalized spacial score (nSPS) is 18.7. The van der Waals surface area contributed by atoms with Gasteiger partial charge in [0.1, 0.15) is 13.2 Å². The second-order valence-electron chi connectivity index (χ2n) is 6.20. The van der Waals surface area contributed by atoms with Gasteiger partial charge < -0.3 is 19.7 Å². The third kappa shape index (κ3) is 3.26. The van der Waals surface area contributed by atoms with Gasteiger partial charge in [0.15, 0.2) is 11.5 Å². The first kappa shape index (κ1) is 16.9. The number of fused-ring (bicyclic) bond motifs is 1. The number of carbonyl (C=O) groups is 2. The van der Waals surface area contributed by atoms with Crippen molar-refractivity contribution in [2.75, 3.05) is 30.0 Å². The van der Waals surface area contributed by atoms with Gasteiger partial charge in [-0.3, -0.25) is 9.59 Å². The minimum absolute atomic E-state index is 0.0750. The van der Waals surface area contributed by atoms with Crippen molar-refractivity contribution in [3.8, 4) is 11.5 Å². The van der Waals surface area contributed by atoms with Gasteiger partial charge in [0.2, 0.25) is 11.8 Å². The van der Waals surface area contributed by atoms with Crippen LogP contribution in [0.5, 0.6) is 11.5 Å². The molecule has 0 radical (unpaired) electrons. The van der Waals surface area contributed by atoms with E-state index in [1.165, 1.54) is 0 Å². The first-order chi connectivity index (χ1) is 12.6. The summed E-state index contributed by atoms with van der Waals surface area (Å²) in [5.74, 6) is 0.666. The van der Waals surface area contributed by atoms with Crippen LogP contribution in [0.1, 0.15) is 6.42 Å². The molecule has 2 aliphatic heterocycles. The zero-order valence-electron chi connectivity index (χ0n) is 13.9. The standard InChI is InChI=1S/C19H17BrN2O4/c20-14-3-1-2-4-15(14)21-19(24)12-9-18(23)22(11-12)13-5-6-16-17(10-13)26-8-7-25-16/h1-6,10,12H,7-9,11H2,(H,21,24)/t12-/m1/s1. The molecular weight excluding hydrogens is 400 g/mol. The molecule has 2 aliphatic rings. The van der Waals surface area contributed by atoms with Crippen LogP contribution in [-0.2, 0) is 9.59 Å². The topological polar surface area (TPSA) is 67.9 Å². The van der Waals surface area contributed by atoms with Gasteiger partial charge in [-0.2, -0.15) is 0 Å². The van der Waals surface area contributed by atoms with Crippen LogP contribution in [0, 0.1) is 5.92 Å². The lowest BCUT2D eigenvalue weighted by Gasteiger charge is -2.22. The van der Waals surface area contributed by atoms with E-state index in [0.717, 1.165) is 10.2 Å². The Kier molecular flexibility index (Phi) is 4.55. The van der Waals surface area contributed by atoms with Gasteiger partial charge in [-0.15, -0.1) is 0 Å². The number of para-hydroxylation sites is 1. The molecule has 2 amide bonds. The molecule has 4 rings (SSSR count). The largest absolute Gasteiger partial charge is 0.486 e. The monoisotopic (exact) mass is 416 g/mol. The first-order valence-electron chi connectivity index (χ1n) is 8.37. The van der Waals surface area contributed by atoms with Gasteiger partial charge in [0.25, 0.3) is 0 Å². The van der Waals surface area contributed by atoms with Crippen molar-refractivity contribution in [2.24, 2.45) is 5.92 Å². The third-order valence-corrected chi connectivity index (χ3v) is 5.16. The maximum atomic E-state index is 12.6. The summed E-state index contributed by atoms with van der Waals surface area (Å²) in [6.07, 6.45) is 0.185. The number of anilines is 2. The lowest BCUT2D eigenvalue weighted by Crippen LogP contribution is -2.28. The fraction of sp³-hybridized carbons (Fsp3) is 0.263. The highest BCUT2D eigenvalue weighted by molar-refractivity contribution is 9.10. The molecule has 1 fully saturated rings. The fourth-order valence-corrected chi connectivity index (χ4v) is 3.51. The fourth-order valence-electron chi connectivity index (χ4n) is 3.13. The molecule has 1 atom stereocenters.